The Bertz CT molecular complexity index is 556. The lowest BCUT2D eigenvalue weighted by Crippen LogP contribution is -2.06. The molecule has 0 aliphatic rings. The summed E-state index contributed by atoms with van der Waals surface area (Å²) < 4.78 is 5.75. The van der Waals surface area contributed by atoms with Crippen LogP contribution in [0.15, 0.2) is 54.6 Å². The topological polar surface area (TPSA) is 26.3 Å². The molecule has 0 spiro atoms. The van der Waals surface area contributed by atoms with Crippen molar-refractivity contribution in [3.63, 3.8) is 0 Å². The summed E-state index contributed by atoms with van der Waals surface area (Å²) in [6, 6.07) is 17.8. The number of hydrogen-bond acceptors (Lipinski definition) is 2. The first-order valence-electron chi connectivity index (χ1n) is 7.49. The molecule has 0 saturated heterocycles. The molecule has 0 unspecified atom stereocenters. The van der Waals surface area contributed by atoms with Crippen molar-refractivity contribution in [2.45, 2.75) is 33.1 Å². The Morgan fingerprint density at radius 1 is 0.952 bits per heavy atom. The smallest absolute Gasteiger partial charge is 0.135 e. The molecule has 2 aromatic rings. The van der Waals surface area contributed by atoms with Gasteiger partial charge in [0.2, 0.25) is 0 Å². The van der Waals surface area contributed by atoms with Gasteiger partial charge in [-0.25, -0.2) is 0 Å². The summed E-state index contributed by atoms with van der Waals surface area (Å²) in [4.78, 5) is 11.6. The molecule has 110 valence electrons. The summed E-state index contributed by atoms with van der Waals surface area (Å²) in [7, 11) is 0. The molecule has 2 nitrogen and oxygen atoms in total. The Morgan fingerprint density at radius 2 is 1.57 bits per heavy atom. The molecular weight excluding hydrogens is 260 g/mol. The van der Waals surface area contributed by atoms with Crippen molar-refractivity contribution in [1.82, 2.24) is 0 Å². The molecule has 0 atom stereocenters. The van der Waals surface area contributed by atoms with Crippen LogP contribution in [0, 0.1) is 5.92 Å². The molecule has 0 heterocycles. The lowest BCUT2D eigenvalue weighted by atomic mass is 10.0. The number of para-hydroxylation sites is 1. The zero-order chi connectivity index (χ0) is 15.1. The number of carbonyl (C=O) groups is 1. The Kier molecular flexibility index (Phi) is 5.56. The molecule has 0 aliphatic carbocycles. The second-order valence-corrected chi connectivity index (χ2v) is 5.53. The Labute approximate surface area is 126 Å². The molecule has 0 bridgehead atoms. The van der Waals surface area contributed by atoms with E-state index in [1.807, 2.05) is 56.3 Å². The summed E-state index contributed by atoms with van der Waals surface area (Å²) >= 11 is 0. The van der Waals surface area contributed by atoms with Gasteiger partial charge < -0.3 is 4.74 Å². The Balaban J connectivity index is 1.83. The summed E-state index contributed by atoms with van der Waals surface area (Å²) in [5.74, 6) is 2.17. The average molecular weight is 282 g/mol. The van der Waals surface area contributed by atoms with Gasteiger partial charge in [0, 0.05) is 12.3 Å². The molecule has 0 amide bonds. The predicted octanol–water partition coefficient (Wildman–Crippen LogP) is 5.03. The number of aryl methyl sites for hydroxylation is 1. The zero-order valence-electron chi connectivity index (χ0n) is 12.7. The van der Waals surface area contributed by atoms with Crippen molar-refractivity contribution >= 4 is 5.78 Å². The van der Waals surface area contributed by atoms with Crippen LogP contribution in [-0.4, -0.2) is 5.78 Å². The number of carbonyl (C=O) groups excluding carboxylic acids is 1. The zero-order valence-corrected chi connectivity index (χ0v) is 12.7. The van der Waals surface area contributed by atoms with E-state index in [9.17, 15) is 4.79 Å². The summed E-state index contributed by atoms with van der Waals surface area (Å²) in [6.45, 7) is 3.91. The summed E-state index contributed by atoms with van der Waals surface area (Å²) in [6.07, 6.45) is 2.51. The lowest BCUT2D eigenvalue weighted by Gasteiger charge is -2.07. The van der Waals surface area contributed by atoms with Gasteiger partial charge in [-0.1, -0.05) is 44.2 Å². The van der Waals surface area contributed by atoms with Crippen LogP contribution in [0.4, 0.5) is 0 Å². The van der Waals surface area contributed by atoms with Gasteiger partial charge in [-0.15, -0.1) is 0 Å². The van der Waals surface area contributed by atoms with Gasteiger partial charge in [0.1, 0.15) is 17.3 Å². The Hall–Kier alpha value is -2.09. The standard InChI is InChI=1S/C19H22O2/c1-15(2)19(20)10-6-7-16-11-13-18(14-12-16)21-17-8-4-3-5-9-17/h3-5,8-9,11-15H,6-7,10H2,1-2H3. The highest BCUT2D eigenvalue weighted by atomic mass is 16.5. The second kappa shape index (κ2) is 7.63. The number of Topliss-reactive ketones (excluding diaryl/α,β-unsaturated/α-hetero) is 1. The van der Waals surface area contributed by atoms with E-state index in [0.717, 1.165) is 24.3 Å². The minimum atomic E-state index is 0.145. The molecule has 0 N–H and O–H groups in total. The van der Waals surface area contributed by atoms with E-state index in [-0.39, 0.29) is 5.92 Å². The number of rotatable bonds is 7. The number of ether oxygens (including phenoxy) is 1. The van der Waals surface area contributed by atoms with E-state index in [4.69, 9.17) is 4.74 Å². The first-order valence-corrected chi connectivity index (χ1v) is 7.49. The third-order valence-corrected chi connectivity index (χ3v) is 3.43. The first kappa shape index (κ1) is 15.3. The molecule has 21 heavy (non-hydrogen) atoms. The van der Waals surface area contributed by atoms with Crippen LogP contribution < -0.4 is 4.74 Å². The van der Waals surface area contributed by atoms with Crippen LogP contribution in [0.5, 0.6) is 11.5 Å². The van der Waals surface area contributed by atoms with Gasteiger partial charge in [-0.3, -0.25) is 4.79 Å². The fourth-order valence-corrected chi connectivity index (χ4v) is 2.10. The van der Waals surface area contributed by atoms with Crippen molar-refractivity contribution < 1.29 is 9.53 Å². The molecular formula is C19H22O2. The fourth-order valence-electron chi connectivity index (χ4n) is 2.10. The summed E-state index contributed by atoms with van der Waals surface area (Å²) in [5, 5.41) is 0. The first-order chi connectivity index (χ1) is 10.1. The maximum atomic E-state index is 11.6. The second-order valence-electron chi connectivity index (χ2n) is 5.53. The Morgan fingerprint density at radius 3 is 2.19 bits per heavy atom. The monoisotopic (exact) mass is 282 g/mol. The average Bonchev–Trinajstić information content (AvgIpc) is 2.50. The number of hydrogen-bond donors (Lipinski definition) is 0. The van der Waals surface area contributed by atoms with E-state index in [1.54, 1.807) is 0 Å². The van der Waals surface area contributed by atoms with E-state index in [1.165, 1.54) is 5.56 Å². The van der Waals surface area contributed by atoms with Gasteiger partial charge in [0.15, 0.2) is 0 Å². The van der Waals surface area contributed by atoms with E-state index in [0.29, 0.717) is 12.2 Å². The molecule has 2 rings (SSSR count). The van der Waals surface area contributed by atoms with Gasteiger partial charge in [0.25, 0.3) is 0 Å². The van der Waals surface area contributed by atoms with Crippen molar-refractivity contribution in [3.8, 4) is 11.5 Å². The SMILES string of the molecule is CC(C)C(=O)CCCc1ccc(Oc2ccccc2)cc1. The molecule has 2 heteroatoms. The van der Waals surface area contributed by atoms with Crippen LogP contribution in [0.2, 0.25) is 0 Å². The summed E-state index contributed by atoms with van der Waals surface area (Å²) in [5.41, 5.74) is 1.24. The van der Waals surface area contributed by atoms with Crippen LogP contribution in [0.1, 0.15) is 32.3 Å². The molecule has 0 aromatic heterocycles. The van der Waals surface area contributed by atoms with Crippen LogP contribution in [-0.2, 0) is 11.2 Å². The van der Waals surface area contributed by atoms with E-state index < -0.39 is 0 Å². The normalized spacial score (nSPS) is 10.6. The highest BCUT2D eigenvalue weighted by Crippen LogP contribution is 2.21. The van der Waals surface area contributed by atoms with Crippen molar-refractivity contribution in [2.24, 2.45) is 5.92 Å². The van der Waals surface area contributed by atoms with Gasteiger partial charge in [0.05, 0.1) is 0 Å². The van der Waals surface area contributed by atoms with Gasteiger partial charge in [-0.2, -0.15) is 0 Å². The van der Waals surface area contributed by atoms with Crippen LogP contribution in [0.25, 0.3) is 0 Å². The van der Waals surface area contributed by atoms with Crippen LogP contribution >= 0.6 is 0 Å². The molecule has 0 radical (unpaired) electrons. The third-order valence-electron chi connectivity index (χ3n) is 3.43. The highest BCUT2D eigenvalue weighted by molar-refractivity contribution is 5.80. The van der Waals surface area contributed by atoms with Gasteiger partial charge >= 0.3 is 0 Å². The van der Waals surface area contributed by atoms with Gasteiger partial charge in [-0.05, 0) is 42.7 Å². The third kappa shape index (κ3) is 5.07. The number of benzene rings is 2. The fraction of sp³-hybridized carbons (Fsp3) is 0.316. The molecule has 0 fully saturated rings. The number of ketones is 1. The van der Waals surface area contributed by atoms with Crippen molar-refractivity contribution in [2.75, 3.05) is 0 Å². The predicted molar refractivity (Wildman–Crippen MR) is 85.7 cm³/mol. The molecule has 0 aliphatic heterocycles. The molecule has 0 saturated carbocycles. The minimum absolute atomic E-state index is 0.145. The lowest BCUT2D eigenvalue weighted by molar-refractivity contribution is -0.121. The quantitative estimate of drug-likeness (QED) is 0.712. The highest BCUT2D eigenvalue weighted by Gasteiger charge is 2.06. The van der Waals surface area contributed by atoms with Crippen LogP contribution in [0.3, 0.4) is 0 Å². The maximum absolute atomic E-state index is 11.6. The van der Waals surface area contributed by atoms with E-state index >= 15 is 0 Å². The maximum Gasteiger partial charge on any atom is 0.135 e. The minimum Gasteiger partial charge on any atom is -0.457 e. The molecule has 2 aromatic carbocycles. The largest absolute Gasteiger partial charge is 0.457 e. The van der Waals surface area contributed by atoms with Crippen molar-refractivity contribution in [3.05, 3.63) is 60.2 Å². The van der Waals surface area contributed by atoms with Crippen molar-refractivity contribution in [1.29, 1.82) is 0 Å². The van der Waals surface area contributed by atoms with E-state index in [2.05, 4.69) is 12.1 Å².